The molecule has 108 valence electrons. The summed E-state index contributed by atoms with van der Waals surface area (Å²) in [5.74, 6) is 0.722. The van der Waals surface area contributed by atoms with Crippen molar-refractivity contribution in [1.29, 1.82) is 0 Å². The molecule has 0 heterocycles. The maximum absolute atomic E-state index is 3.61. The van der Waals surface area contributed by atoms with Crippen LogP contribution in [0.1, 0.15) is 59.1 Å². The predicted molar refractivity (Wildman–Crippen MR) is 87.9 cm³/mol. The first-order valence-electron chi connectivity index (χ1n) is 7.58. The molecule has 1 aromatic carbocycles. The van der Waals surface area contributed by atoms with Gasteiger partial charge in [-0.05, 0) is 43.0 Å². The fraction of sp³-hybridized carbons (Fsp3) is 0.647. The highest BCUT2D eigenvalue weighted by Crippen LogP contribution is 2.29. The van der Waals surface area contributed by atoms with Crippen molar-refractivity contribution in [2.75, 3.05) is 6.54 Å². The van der Waals surface area contributed by atoms with Crippen molar-refractivity contribution in [3.63, 3.8) is 0 Å². The Hall–Kier alpha value is -0.470. The van der Waals surface area contributed by atoms with Gasteiger partial charge in [-0.3, -0.25) is 0 Å². The van der Waals surface area contributed by atoms with Gasteiger partial charge in [0.2, 0.25) is 0 Å². The van der Waals surface area contributed by atoms with Gasteiger partial charge in [-0.2, -0.15) is 0 Å². The normalized spacial score (nSPS) is 14.6. The van der Waals surface area contributed by atoms with Crippen molar-refractivity contribution >= 4 is 11.8 Å². The third kappa shape index (κ3) is 5.58. The first-order valence-corrected chi connectivity index (χ1v) is 8.46. The molecule has 0 aliphatic rings. The van der Waals surface area contributed by atoms with Crippen LogP contribution in [0.3, 0.4) is 0 Å². The summed E-state index contributed by atoms with van der Waals surface area (Å²) in [6.45, 7) is 12.4. The van der Waals surface area contributed by atoms with E-state index < -0.39 is 0 Å². The molecule has 19 heavy (non-hydrogen) atoms. The van der Waals surface area contributed by atoms with Crippen molar-refractivity contribution in [1.82, 2.24) is 5.32 Å². The zero-order valence-electron chi connectivity index (χ0n) is 13.1. The molecule has 0 aliphatic heterocycles. The molecule has 1 rings (SSSR count). The fourth-order valence-corrected chi connectivity index (χ4v) is 2.94. The Morgan fingerprint density at radius 2 is 1.68 bits per heavy atom. The van der Waals surface area contributed by atoms with E-state index >= 15 is 0 Å². The van der Waals surface area contributed by atoms with Gasteiger partial charge in [0.25, 0.3) is 0 Å². The molecule has 1 nitrogen and oxygen atoms in total. The summed E-state index contributed by atoms with van der Waals surface area (Å²) in [6.07, 6.45) is 2.34. The van der Waals surface area contributed by atoms with Gasteiger partial charge in [0.15, 0.2) is 0 Å². The first kappa shape index (κ1) is 16.6. The first-order chi connectivity index (χ1) is 9.08. The standard InChI is InChI=1S/C17H29NS/c1-6-12-18-17(7-2)15-8-10-16(11-9-15)19-14(5)13(3)4/h8-11,13-14,17-18H,6-7,12H2,1-5H3. The summed E-state index contributed by atoms with van der Waals surface area (Å²) in [4.78, 5) is 1.38. The molecule has 0 radical (unpaired) electrons. The summed E-state index contributed by atoms with van der Waals surface area (Å²) >= 11 is 1.98. The summed E-state index contributed by atoms with van der Waals surface area (Å²) in [7, 11) is 0. The Morgan fingerprint density at radius 3 is 2.16 bits per heavy atom. The van der Waals surface area contributed by atoms with Crippen molar-refractivity contribution < 1.29 is 0 Å². The van der Waals surface area contributed by atoms with Gasteiger partial charge >= 0.3 is 0 Å². The molecule has 0 spiro atoms. The van der Waals surface area contributed by atoms with Crippen LogP contribution in [0.15, 0.2) is 29.2 Å². The molecule has 0 aromatic heterocycles. The van der Waals surface area contributed by atoms with Crippen LogP contribution in [0.4, 0.5) is 0 Å². The molecule has 1 N–H and O–H groups in total. The second kappa shape index (κ2) is 8.65. The second-order valence-corrected chi connectivity index (χ2v) is 7.00. The highest BCUT2D eigenvalue weighted by Gasteiger charge is 2.10. The van der Waals surface area contributed by atoms with Crippen molar-refractivity contribution in [3.05, 3.63) is 29.8 Å². The van der Waals surface area contributed by atoms with E-state index in [9.17, 15) is 0 Å². The van der Waals surface area contributed by atoms with Crippen LogP contribution in [0.2, 0.25) is 0 Å². The predicted octanol–water partition coefficient (Wildman–Crippen LogP) is 5.27. The van der Waals surface area contributed by atoms with Crippen LogP contribution in [-0.4, -0.2) is 11.8 Å². The minimum absolute atomic E-state index is 0.501. The van der Waals surface area contributed by atoms with E-state index in [1.807, 2.05) is 11.8 Å². The molecular weight excluding hydrogens is 250 g/mol. The van der Waals surface area contributed by atoms with Crippen molar-refractivity contribution in [3.8, 4) is 0 Å². The quantitative estimate of drug-likeness (QED) is 0.650. The highest BCUT2D eigenvalue weighted by atomic mass is 32.2. The topological polar surface area (TPSA) is 12.0 Å². The van der Waals surface area contributed by atoms with Gasteiger partial charge in [0.05, 0.1) is 0 Å². The molecular formula is C17H29NS. The third-order valence-electron chi connectivity index (χ3n) is 3.59. The summed E-state index contributed by atoms with van der Waals surface area (Å²) < 4.78 is 0. The Labute approximate surface area is 123 Å². The minimum atomic E-state index is 0.501. The molecule has 0 aliphatic carbocycles. The van der Waals surface area contributed by atoms with E-state index in [-0.39, 0.29) is 0 Å². The lowest BCUT2D eigenvalue weighted by Gasteiger charge is -2.18. The zero-order valence-corrected chi connectivity index (χ0v) is 13.9. The summed E-state index contributed by atoms with van der Waals surface area (Å²) in [5, 5.41) is 4.28. The number of rotatable bonds is 8. The second-order valence-electron chi connectivity index (χ2n) is 5.55. The summed E-state index contributed by atoms with van der Waals surface area (Å²) in [6, 6.07) is 9.62. The molecule has 1 aromatic rings. The molecule has 0 fully saturated rings. The number of thioether (sulfide) groups is 1. The lowest BCUT2D eigenvalue weighted by molar-refractivity contribution is 0.518. The van der Waals surface area contributed by atoms with Crippen LogP contribution in [0.25, 0.3) is 0 Å². The Morgan fingerprint density at radius 1 is 1.05 bits per heavy atom. The molecule has 0 saturated carbocycles. The van der Waals surface area contributed by atoms with E-state index in [2.05, 4.69) is 64.2 Å². The van der Waals surface area contributed by atoms with Gasteiger partial charge in [0.1, 0.15) is 0 Å². The van der Waals surface area contributed by atoms with Gasteiger partial charge < -0.3 is 5.32 Å². The number of hydrogen-bond donors (Lipinski definition) is 1. The van der Waals surface area contributed by atoms with Gasteiger partial charge in [0, 0.05) is 16.2 Å². The molecule has 0 saturated heterocycles. The number of hydrogen-bond acceptors (Lipinski definition) is 2. The van der Waals surface area contributed by atoms with E-state index in [1.165, 1.54) is 16.9 Å². The van der Waals surface area contributed by atoms with Crippen LogP contribution in [-0.2, 0) is 0 Å². The van der Waals surface area contributed by atoms with Crippen molar-refractivity contribution in [2.45, 2.75) is 63.6 Å². The molecule has 0 amide bonds. The lowest BCUT2D eigenvalue weighted by atomic mass is 10.0. The Kier molecular flexibility index (Phi) is 7.55. The average Bonchev–Trinajstić information content (AvgIpc) is 2.41. The van der Waals surface area contributed by atoms with Crippen molar-refractivity contribution in [2.24, 2.45) is 5.92 Å². The van der Waals surface area contributed by atoms with E-state index in [0.717, 1.165) is 18.9 Å². The van der Waals surface area contributed by atoms with E-state index in [0.29, 0.717) is 11.3 Å². The van der Waals surface area contributed by atoms with Gasteiger partial charge in [-0.25, -0.2) is 0 Å². The fourth-order valence-electron chi connectivity index (χ4n) is 1.95. The van der Waals surface area contributed by atoms with Crippen LogP contribution in [0, 0.1) is 5.92 Å². The Balaban J connectivity index is 2.64. The van der Waals surface area contributed by atoms with Gasteiger partial charge in [-0.1, -0.05) is 46.8 Å². The minimum Gasteiger partial charge on any atom is -0.310 e. The number of nitrogens with one attached hydrogen (secondary N) is 1. The van der Waals surface area contributed by atoms with Crippen LogP contribution in [0.5, 0.6) is 0 Å². The molecule has 2 atom stereocenters. The monoisotopic (exact) mass is 279 g/mol. The smallest absolute Gasteiger partial charge is 0.0317 e. The molecule has 2 unspecified atom stereocenters. The van der Waals surface area contributed by atoms with Gasteiger partial charge in [-0.15, -0.1) is 11.8 Å². The third-order valence-corrected chi connectivity index (χ3v) is 5.05. The van der Waals surface area contributed by atoms with Crippen LogP contribution >= 0.6 is 11.8 Å². The van der Waals surface area contributed by atoms with Crippen LogP contribution < -0.4 is 5.32 Å². The highest BCUT2D eigenvalue weighted by molar-refractivity contribution is 8.00. The Bertz CT molecular complexity index is 345. The zero-order chi connectivity index (χ0) is 14.3. The lowest BCUT2D eigenvalue weighted by Crippen LogP contribution is -2.21. The van der Waals surface area contributed by atoms with E-state index in [4.69, 9.17) is 0 Å². The maximum Gasteiger partial charge on any atom is 0.0317 e. The SMILES string of the molecule is CCCNC(CC)c1ccc(SC(C)C(C)C)cc1. The van der Waals surface area contributed by atoms with E-state index in [1.54, 1.807) is 0 Å². The summed E-state index contributed by atoms with van der Waals surface area (Å²) in [5.41, 5.74) is 1.41. The molecule has 2 heteroatoms. The average molecular weight is 279 g/mol. The molecule has 0 bridgehead atoms. The maximum atomic E-state index is 3.61. The number of benzene rings is 1. The largest absolute Gasteiger partial charge is 0.310 e.